The highest BCUT2D eigenvalue weighted by Crippen LogP contribution is 2.33. The van der Waals surface area contributed by atoms with Crippen LogP contribution in [-0.4, -0.2) is 139 Å². The minimum Gasteiger partial charge on any atom is -0.365 e. The number of anilines is 3. The van der Waals surface area contributed by atoms with Gasteiger partial charge < -0.3 is 52.2 Å². The van der Waals surface area contributed by atoms with E-state index >= 15 is 0 Å². The molecule has 1 fully saturated rings. The Bertz CT molecular complexity index is 4260. The second kappa shape index (κ2) is 27.0. The van der Waals surface area contributed by atoms with Crippen LogP contribution in [-0.2, 0) is 14.4 Å². The van der Waals surface area contributed by atoms with Crippen molar-refractivity contribution in [3.8, 4) is 52.6 Å². The molecule has 4 amide bonds. The Morgan fingerprint density at radius 2 is 1.19 bits per heavy atom. The van der Waals surface area contributed by atoms with Crippen molar-refractivity contribution in [1.29, 1.82) is 5.26 Å². The van der Waals surface area contributed by atoms with Crippen LogP contribution >= 0.6 is 34.8 Å². The first-order chi connectivity index (χ1) is 42.0. The van der Waals surface area contributed by atoms with Crippen molar-refractivity contribution in [2.45, 2.75) is 76.4 Å². The molecule has 89 heavy (non-hydrogen) atoms. The number of hydrogen-bond donors (Lipinski definition) is 9. The summed E-state index contributed by atoms with van der Waals surface area (Å²) in [5.74, 6) is 1.47. The van der Waals surface area contributed by atoms with Crippen molar-refractivity contribution < 1.29 is 58.4 Å². The van der Waals surface area contributed by atoms with Gasteiger partial charge in [0.1, 0.15) is 69.7 Å². The summed E-state index contributed by atoms with van der Waals surface area (Å²) in [6.07, 6.45) is 10.5. The number of alkyl halides is 6. The van der Waals surface area contributed by atoms with Gasteiger partial charge in [0.25, 0.3) is 5.91 Å². The Hall–Kier alpha value is -9.91. The van der Waals surface area contributed by atoms with Crippen LogP contribution in [0.2, 0.25) is 15.1 Å². The molecule has 0 saturated carbocycles. The van der Waals surface area contributed by atoms with Crippen molar-refractivity contribution >= 4 is 109 Å². The van der Waals surface area contributed by atoms with E-state index < -0.39 is 60.7 Å². The molecule has 0 aliphatic carbocycles. The average molecular weight is 1310 g/mol. The van der Waals surface area contributed by atoms with E-state index in [1.54, 1.807) is 36.9 Å². The molecular weight excluding hydrogens is 1240 g/mol. The number of hydrogen-bond acceptors (Lipinski definition) is 17. The highest BCUT2D eigenvalue weighted by molar-refractivity contribution is 6.32. The number of fused-ring (bicyclic) bond motifs is 3. The lowest BCUT2D eigenvalue weighted by molar-refractivity contribution is -0.140. The second-order valence-electron chi connectivity index (χ2n) is 20.6. The number of pyridine rings is 3. The van der Waals surface area contributed by atoms with E-state index in [1.807, 2.05) is 34.6 Å². The van der Waals surface area contributed by atoms with Gasteiger partial charge in [0.15, 0.2) is 17.5 Å². The van der Waals surface area contributed by atoms with Crippen LogP contribution in [0.25, 0.3) is 67.3 Å². The summed E-state index contributed by atoms with van der Waals surface area (Å²) < 4.78 is 74.3. The summed E-state index contributed by atoms with van der Waals surface area (Å²) in [6, 6.07) is 8.59. The van der Waals surface area contributed by atoms with Crippen molar-refractivity contribution in [2.75, 3.05) is 41.7 Å². The van der Waals surface area contributed by atoms with Crippen molar-refractivity contribution in [3.63, 3.8) is 0 Å². The molecule has 1 saturated heterocycles. The smallest absolute Gasteiger partial charge is 0.365 e. The number of primary amides is 1. The Morgan fingerprint density at radius 1 is 0.697 bits per heavy atom. The minimum atomic E-state index is -4.55. The number of terminal acetylenes is 1. The van der Waals surface area contributed by atoms with Gasteiger partial charge in [-0.3, -0.25) is 19.2 Å². The molecule has 0 aromatic carbocycles. The third kappa shape index (κ3) is 16.2. The fraction of sp³-hybridized carbons (Fsp3) is 0.286. The molecule has 0 radical (unpaired) electrons. The lowest BCUT2D eigenvalue weighted by Crippen LogP contribution is -2.50. The van der Waals surface area contributed by atoms with Crippen LogP contribution in [0.3, 0.4) is 0 Å². The molecular formula is C56H69Cl3F6N20O4. The predicted molar refractivity (Wildman–Crippen MR) is 339 cm³/mol. The summed E-state index contributed by atoms with van der Waals surface area (Å²) >= 11 is 18.1. The standard InChI is InChI=1S/C19H19ClF3N7O2.C19H17ClN6O.C18H15ClF3N7O.9H2/c1-18(2,17(32)25-4-3-19(21,22)23)30-16-12(13(24)31)8-28-15(29-16)11-7-27-14-10(11)5-9(20)6-26-14;1-2-6-22-19(27)15-4-3-8-26(15)16-5-7-21-18(25-16)14-11-24-17-13(14)9-12(20)10-23-17;1-17(2,16(30)27-8-18(20,21)22)29-13-9(4-23)5-24-15(28-13)12-7-26-14-11(12)3-10(19)6-25-14;;;;;;;;;/h5-8H,3-4H2,1-2H3,(H2,24,31)(H,25,32)(H,26,27)(H,28,29,30);1,5,7,9-11,15H,3-4,6,8H2,(H,22,27)(H,23,24);3,5-7H,8H2,1-2H3,(H,25,26)(H,27,30)(H,24,28,29);9*1H/t;15-;;;;;;;;;;/m.1........../s1. The zero-order chi connectivity index (χ0) is 64.6. The largest absolute Gasteiger partial charge is 0.405 e. The third-order valence-electron chi connectivity index (χ3n) is 13.2. The molecule has 480 valence electrons. The van der Waals surface area contributed by atoms with Crippen molar-refractivity contribution in [2.24, 2.45) is 5.73 Å². The van der Waals surface area contributed by atoms with Gasteiger partial charge in [0, 0.05) is 108 Å². The van der Waals surface area contributed by atoms with Gasteiger partial charge >= 0.3 is 12.4 Å². The number of halogens is 9. The van der Waals surface area contributed by atoms with Crippen molar-refractivity contribution in [3.05, 3.63) is 106 Å². The second-order valence-corrected chi connectivity index (χ2v) is 21.9. The topological polar surface area (TPSA) is 345 Å². The fourth-order valence-corrected chi connectivity index (χ4v) is 9.29. The maximum atomic E-state index is 12.4. The highest BCUT2D eigenvalue weighted by atomic mass is 35.5. The summed E-state index contributed by atoms with van der Waals surface area (Å²) in [5.41, 5.74) is 6.09. The number of nitriles is 1. The van der Waals surface area contributed by atoms with Gasteiger partial charge in [-0.25, -0.2) is 44.9 Å². The maximum Gasteiger partial charge on any atom is 0.405 e. The fourth-order valence-electron chi connectivity index (χ4n) is 8.82. The van der Waals surface area contributed by atoms with Crippen LogP contribution in [0.4, 0.5) is 43.8 Å². The normalized spacial score (nSPS) is 13.3. The summed E-state index contributed by atoms with van der Waals surface area (Å²) in [5, 5.41) is 25.1. The molecule has 10 heterocycles. The Labute approximate surface area is 529 Å². The molecule has 24 nitrogen and oxygen atoms in total. The van der Waals surface area contributed by atoms with Gasteiger partial charge in [-0.1, -0.05) is 40.7 Å². The van der Waals surface area contributed by atoms with E-state index in [4.69, 9.17) is 51.9 Å². The van der Waals surface area contributed by atoms with Gasteiger partial charge in [-0.15, -0.1) is 6.42 Å². The van der Waals surface area contributed by atoms with Gasteiger partial charge in [-0.2, -0.15) is 31.6 Å². The SMILES string of the molecule is C#CCNC(=O)[C@H]1CCCN1c1ccnc(-c2c[nH]c3ncc(Cl)cc23)n1.CC(C)(Nc1nc(-c2c[nH]c3ncc(Cl)cc23)ncc1C#N)C(=O)NCC(F)(F)F.CC(C)(Nc1nc(-c2c[nH]c3ncc(Cl)cc23)ncc1C(N)=O)C(=O)NCCC(F)(F)F.[HH].[HH].[HH].[HH].[HH].[HH].[HH].[HH].[HH]. The number of aromatic amines is 3. The van der Waals surface area contributed by atoms with Crippen LogP contribution in [0.15, 0.2) is 80.0 Å². The van der Waals surface area contributed by atoms with Crippen LogP contribution in [0.5, 0.6) is 0 Å². The number of carbonyl (C=O) groups excluding carboxylic acids is 4. The minimum absolute atomic E-state index is 0. The Morgan fingerprint density at radius 3 is 1.69 bits per heavy atom. The van der Waals surface area contributed by atoms with Crippen LogP contribution < -0.4 is 37.2 Å². The molecule has 0 spiro atoms. The van der Waals surface area contributed by atoms with E-state index in [2.05, 4.69) is 82.0 Å². The summed E-state index contributed by atoms with van der Waals surface area (Å²) in [7, 11) is 0. The first-order valence-electron chi connectivity index (χ1n) is 26.4. The first kappa shape index (κ1) is 65.1. The zero-order valence-corrected chi connectivity index (χ0v) is 49.4. The molecule has 0 unspecified atom stereocenters. The van der Waals surface area contributed by atoms with E-state index in [0.29, 0.717) is 59.9 Å². The molecule has 0 bridgehead atoms. The summed E-state index contributed by atoms with van der Waals surface area (Å²) in [6.45, 7) is 4.52. The Kier molecular flexibility index (Phi) is 19.7. The number of rotatable bonds is 16. The average Bonchev–Trinajstić information content (AvgIpc) is 1.56. The summed E-state index contributed by atoms with van der Waals surface area (Å²) in [4.78, 5) is 98.5. The van der Waals surface area contributed by atoms with E-state index in [-0.39, 0.29) is 65.7 Å². The van der Waals surface area contributed by atoms with E-state index in [1.165, 1.54) is 52.5 Å². The number of H-pyrrole nitrogens is 3. The van der Waals surface area contributed by atoms with E-state index in [0.717, 1.165) is 36.0 Å². The number of amides is 4. The first-order valence-corrected chi connectivity index (χ1v) is 27.6. The van der Waals surface area contributed by atoms with Crippen molar-refractivity contribution in [1.82, 2.24) is 75.8 Å². The van der Waals surface area contributed by atoms with Crippen LogP contribution in [0.1, 0.15) is 75.7 Å². The molecule has 1 aliphatic rings. The van der Waals surface area contributed by atoms with E-state index in [9.17, 15) is 50.8 Å². The Balaban J connectivity index is 0. The van der Waals surface area contributed by atoms with Gasteiger partial charge in [0.2, 0.25) is 17.7 Å². The quantitative estimate of drug-likeness (QED) is 0.0320. The number of carbonyl (C=O) groups is 4. The predicted octanol–water partition coefficient (Wildman–Crippen LogP) is 11.1. The van der Waals surface area contributed by atoms with Gasteiger partial charge in [-0.05, 0) is 64.8 Å². The number of nitrogens with zero attached hydrogens (tertiary/aromatic N) is 11. The third-order valence-corrected chi connectivity index (χ3v) is 13.8. The molecule has 33 heteroatoms. The molecule has 9 aromatic rings. The number of aromatic nitrogens is 12. The lowest BCUT2D eigenvalue weighted by atomic mass is 10.0. The molecule has 1 aliphatic heterocycles. The highest BCUT2D eigenvalue weighted by Gasteiger charge is 2.36. The molecule has 9 aromatic heterocycles. The number of nitrogens with two attached hydrogens (primary N) is 1. The zero-order valence-electron chi connectivity index (χ0n) is 47.1. The molecule has 10 N–H and O–H groups in total. The monoisotopic (exact) mass is 1300 g/mol. The van der Waals surface area contributed by atoms with Crippen LogP contribution in [0, 0.1) is 23.7 Å². The van der Waals surface area contributed by atoms with Gasteiger partial charge in [0.05, 0.1) is 39.8 Å². The number of nitrogens with one attached hydrogen (secondary N) is 8. The lowest BCUT2D eigenvalue weighted by Gasteiger charge is -2.26. The molecule has 1 atom stereocenters. The molecule has 10 rings (SSSR count). The maximum absolute atomic E-state index is 12.4.